The van der Waals surface area contributed by atoms with Gasteiger partial charge in [-0.3, -0.25) is 4.79 Å². The number of carboxylic acids is 1. The van der Waals surface area contributed by atoms with E-state index in [1.807, 2.05) is 6.07 Å². The van der Waals surface area contributed by atoms with Gasteiger partial charge in [0, 0.05) is 11.4 Å². The van der Waals surface area contributed by atoms with Crippen molar-refractivity contribution in [2.24, 2.45) is 5.92 Å². The molecule has 1 aromatic heterocycles. The highest BCUT2D eigenvalue weighted by molar-refractivity contribution is 7.14. The van der Waals surface area contributed by atoms with Crippen LogP contribution in [-0.2, 0) is 17.6 Å². The second kappa shape index (κ2) is 5.20. The SMILES string of the molecule is CC1CCc2sc(C(=O)N3CCC[C@H]3C(=O)O)cc2C1. The summed E-state index contributed by atoms with van der Waals surface area (Å²) in [6, 6.07) is 1.36. The second-order valence-corrected chi connectivity index (χ2v) is 7.04. The van der Waals surface area contributed by atoms with Gasteiger partial charge in [-0.15, -0.1) is 11.3 Å². The molecule has 1 unspecified atom stereocenters. The van der Waals surface area contributed by atoms with Gasteiger partial charge in [0.2, 0.25) is 0 Å². The lowest BCUT2D eigenvalue weighted by molar-refractivity contribution is -0.141. The Bertz CT molecular complexity index is 551. The van der Waals surface area contributed by atoms with Crippen LogP contribution in [0.25, 0.3) is 0 Å². The van der Waals surface area contributed by atoms with Crippen LogP contribution < -0.4 is 0 Å². The molecule has 3 rings (SSSR count). The number of nitrogens with zero attached hydrogens (tertiary/aromatic N) is 1. The summed E-state index contributed by atoms with van der Waals surface area (Å²) in [6.45, 7) is 2.80. The van der Waals surface area contributed by atoms with Gasteiger partial charge in [0.25, 0.3) is 5.91 Å². The van der Waals surface area contributed by atoms with Crippen LogP contribution in [0.5, 0.6) is 0 Å². The smallest absolute Gasteiger partial charge is 0.326 e. The minimum Gasteiger partial charge on any atom is -0.480 e. The largest absolute Gasteiger partial charge is 0.480 e. The maximum Gasteiger partial charge on any atom is 0.326 e. The molecule has 2 aliphatic rings. The van der Waals surface area contributed by atoms with Gasteiger partial charge in [0.15, 0.2) is 0 Å². The third kappa shape index (κ3) is 2.35. The Morgan fingerprint density at radius 3 is 2.95 bits per heavy atom. The topological polar surface area (TPSA) is 57.6 Å². The maximum absolute atomic E-state index is 12.5. The summed E-state index contributed by atoms with van der Waals surface area (Å²) in [4.78, 5) is 27.3. The van der Waals surface area contributed by atoms with Crippen LogP contribution in [0.15, 0.2) is 6.07 Å². The van der Waals surface area contributed by atoms with Gasteiger partial charge in [-0.1, -0.05) is 6.92 Å². The minimum atomic E-state index is -0.884. The van der Waals surface area contributed by atoms with E-state index in [2.05, 4.69) is 6.92 Å². The number of hydrogen-bond acceptors (Lipinski definition) is 3. The highest BCUT2D eigenvalue weighted by Gasteiger charge is 2.35. The third-order valence-electron chi connectivity index (χ3n) is 4.34. The number of fused-ring (bicyclic) bond motifs is 1. The van der Waals surface area contributed by atoms with E-state index in [0.29, 0.717) is 18.9 Å². The predicted molar refractivity (Wildman–Crippen MR) is 77.2 cm³/mol. The Labute approximate surface area is 122 Å². The molecule has 0 bridgehead atoms. The maximum atomic E-state index is 12.5. The van der Waals surface area contributed by atoms with Crippen molar-refractivity contribution >= 4 is 23.2 Å². The Morgan fingerprint density at radius 2 is 2.20 bits per heavy atom. The normalized spacial score (nSPS) is 25.6. The fraction of sp³-hybridized carbons (Fsp3) is 0.600. The van der Waals surface area contributed by atoms with E-state index in [9.17, 15) is 14.7 Å². The van der Waals surface area contributed by atoms with Crippen LogP contribution in [-0.4, -0.2) is 34.5 Å². The number of thiophene rings is 1. The fourth-order valence-electron chi connectivity index (χ4n) is 3.22. The standard InChI is InChI=1S/C15H19NO3S/c1-9-4-5-12-10(7-9)8-13(20-12)14(17)16-6-2-3-11(16)15(18)19/h8-9,11H,2-7H2,1H3,(H,18,19)/t9?,11-/m0/s1. The van der Waals surface area contributed by atoms with Crippen LogP contribution >= 0.6 is 11.3 Å². The van der Waals surface area contributed by atoms with E-state index in [1.54, 1.807) is 11.3 Å². The number of rotatable bonds is 2. The molecule has 2 atom stereocenters. The number of carbonyl (C=O) groups is 2. The predicted octanol–water partition coefficient (Wildman–Crippen LogP) is 2.56. The third-order valence-corrected chi connectivity index (χ3v) is 5.56. The van der Waals surface area contributed by atoms with Gasteiger partial charge in [0.05, 0.1) is 4.88 Å². The number of likely N-dealkylation sites (tertiary alicyclic amines) is 1. The molecular weight excluding hydrogens is 274 g/mol. The quantitative estimate of drug-likeness (QED) is 0.911. The first-order chi connectivity index (χ1) is 9.56. The van der Waals surface area contributed by atoms with Gasteiger partial charge in [0.1, 0.15) is 6.04 Å². The summed E-state index contributed by atoms with van der Waals surface area (Å²) in [5.74, 6) is -0.300. The average Bonchev–Trinajstić information content (AvgIpc) is 3.03. The Balaban J connectivity index is 1.82. The minimum absolute atomic E-state index is 0.0954. The van der Waals surface area contributed by atoms with Crippen LogP contribution in [0, 0.1) is 5.92 Å². The van der Waals surface area contributed by atoms with E-state index >= 15 is 0 Å². The number of aliphatic carboxylic acids is 1. The lowest BCUT2D eigenvalue weighted by Gasteiger charge is -2.20. The van der Waals surface area contributed by atoms with Crippen molar-refractivity contribution in [3.05, 3.63) is 21.4 Å². The molecule has 2 heterocycles. The van der Waals surface area contributed by atoms with E-state index < -0.39 is 12.0 Å². The molecule has 108 valence electrons. The summed E-state index contributed by atoms with van der Waals surface area (Å²) in [6.07, 6.45) is 4.63. The number of hydrogen-bond donors (Lipinski definition) is 1. The molecule has 1 aliphatic heterocycles. The monoisotopic (exact) mass is 293 g/mol. The van der Waals surface area contributed by atoms with Crippen molar-refractivity contribution in [1.29, 1.82) is 0 Å². The highest BCUT2D eigenvalue weighted by atomic mass is 32.1. The van der Waals surface area contributed by atoms with Crippen LogP contribution in [0.4, 0.5) is 0 Å². The zero-order valence-corrected chi connectivity index (χ0v) is 12.4. The first kappa shape index (κ1) is 13.6. The summed E-state index contributed by atoms with van der Waals surface area (Å²) >= 11 is 1.56. The lowest BCUT2D eigenvalue weighted by Crippen LogP contribution is -2.40. The van der Waals surface area contributed by atoms with Crippen LogP contribution in [0.3, 0.4) is 0 Å². The van der Waals surface area contributed by atoms with E-state index in [4.69, 9.17) is 0 Å². The van der Waals surface area contributed by atoms with E-state index in [1.165, 1.54) is 21.8 Å². The summed E-state index contributed by atoms with van der Waals surface area (Å²) < 4.78 is 0. The summed E-state index contributed by atoms with van der Waals surface area (Å²) in [5.41, 5.74) is 1.29. The molecule has 0 radical (unpaired) electrons. The summed E-state index contributed by atoms with van der Waals surface area (Å²) in [5, 5.41) is 9.19. The Kier molecular flexibility index (Phi) is 3.54. The highest BCUT2D eigenvalue weighted by Crippen LogP contribution is 2.33. The molecular formula is C15H19NO3S. The van der Waals surface area contributed by atoms with Crippen molar-refractivity contribution in [1.82, 2.24) is 4.90 Å². The van der Waals surface area contributed by atoms with Crippen LogP contribution in [0.1, 0.15) is 46.3 Å². The zero-order valence-electron chi connectivity index (χ0n) is 11.6. The first-order valence-electron chi connectivity index (χ1n) is 7.21. The molecule has 0 aromatic carbocycles. The van der Waals surface area contributed by atoms with Gasteiger partial charge in [-0.05, 0) is 49.7 Å². The average molecular weight is 293 g/mol. The van der Waals surface area contributed by atoms with E-state index in [0.717, 1.165) is 24.1 Å². The van der Waals surface area contributed by atoms with Gasteiger partial charge >= 0.3 is 5.97 Å². The second-order valence-electron chi connectivity index (χ2n) is 5.90. The Hall–Kier alpha value is -1.36. The lowest BCUT2D eigenvalue weighted by atomic mass is 9.90. The number of aryl methyl sites for hydroxylation is 1. The molecule has 4 nitrogen and oxygen atoms in total. The fourth-order valence-corrected chi connectivity index (χ4v) is 4.38. The number of amides is 1. The summed E-state index contributed by atoms with van der Waals surface area (Å²) in [7, 11) is 0. The first-order valence-corrected chi connectivity index (χ1v) is 8.03. The Morgan fingerprint density at radius 1 is 1.40 bits per heavy atom. The van der Waals surface area contributed by atoms with Crippen molar-refractivity contribution in [3.8, 4) is 0 Å². The van der Waals surface area contributed by atoms with Crippen LogP contribution in [0.2, 0.25) is 0 Å². The molecule has 1 fully saturated rings. The molecule has 1 aliphatic carbocycles. The van der Waals surface area contributed by atoms with Gasteiger partial charge in [-0.25, -0.2) is 4.79 Å². The van der Waals surface area contributed by atoms with Crippen molar-refractivity contribution in [2.75, 3.05) is 6.54 Å². The molecule has 1 saturated heterocycles. The molecule has 1 N–H and O–H groups in total. The molecule has 5 heteroatoms. The molecule has 20 heavy (non-hydrogen) atoms. The van der Waals surface area contributed by atoms with Crippen molar-refractivity contribution in [2.45, 2.75) is 45.1 Å². The zero-order chi connectivity index (χ0) is 14.3. The van der Waals surface area contributed by atoms with Crippen molar-refractivity contribution < 1.29 is 14.7 Å². The molecule has 0 spiro atoms. The molecule has 0 saturated carbocycles. The molecule has 1 aromatic rings. The van der Waals surface area contributed by atoms with E-state index in [-0.39, 0.29) is 5.91 Å². The number of carbonyl (C=O) groups excluding carboxylic acids is 1. The van der Waals surface area contributed by atoms with Gasteiger partial charge < -0.3 is 10.0 Å². The van der Waals surface area contributed by atoms with Crippen molar-refractivity contribution in [3.63, 3.8) is 0 Å². The molecule has 1 amide bonds. The number of carboxylic acid groups (broad SMARTS) is 1. The van der Waals surface area contributed by atoms with Gasteiger partial charge in [-0.2, -0.15) is 0 Å².